The summed E-state index contributed by atoms with van der Waals surface area (Å²) >= 11 is 9.44. The molecule has 0 bridgehead atoms. The molecule has 1 saturated heterocycles. The highest BCUT2D eigenvalue weighted by Gasteiger charge is 2.12. The lowest BCUT2D eigenvalue weighted by Crippen LogP contribution is -2.18. The number of rotatable bonds is 4. The van der Waals surface area contributed by atoms with Crippen molar-refractivity contribution < 1.29 is 0 Å². The molecular formula is C16H17BrClN3. The van der Waals surface area contributed by atoms with Gasteiger partial charge >= 0.3 is 0 Å². The molecule has 1 N–H and O–H groups in total. The Morgan fingerprint density at radius 3 is 2.67 bits per heavy atom. The Morgan fingerprint density at radius 2 is 2.00 bits per heavy atom. The first-order chi connectivity index (χ1) is 10.2. The van der Waals surface area contributed by atoms with Gasteiger partial charge in [-0.15, -0.1) is 0 Å². The van der Waals surface area contributed by atoms with Gasteiger partial charge in [0.15, 0.2) is 0 Å². The molecule has 0 spiro atoms. The zero-order chi connectivity index (χ0) is 14.7. The number of pyridine rings is 1. The topological polar surface area (TPSA) is 28.2 Å². The van der Waals surface area contributed by atoms with Gasteiger partial charge in [-0.2, -0.15) is 0 Å². The third-order valence-corrected chi connectivity index (χ3v) is 4.87. The lowest BCUT2D eigenvalue weighted by atomic mass is 10.2. The van der Waals surface area contributed by atoms with E-state index in [9.17, 15) is 0 Å². The molecule has 0 amide bonds. The van der Waals surface area contributed by atoms with Gasteiger partial charge in [-0.3, -0.25) is 0 Å². The Kier molecular flexibility index (Phi) is 4.66. The highest BCUT2D eigenvalue weighted by atomic mass is 79.9. The van der Waals surface area contributed by atoms with Crippen molar-refractivity contribution in [3.8, 4) is 0 Å². The number of hydrogen-bond acceptors (Lipinski definition) is 3. The first-order valence-corrected chi connectivity index (χ1v) is 8.28. The van der Waals surface area contributed by atoms with Crippen LogP contribution in [0.5, 0.6) is 0 Å². The number of anilines is 2. The van der Waals surface area contributed by atoms with Crippen LogP contribution in [-0.2, 0) is 6.54 Å². The van der Waals surface area contributed by atoms with Crippen LogP contribution < -0.4 is 10.2 Å². The maximum Gasteiger partial charge on any atom is 0.128 e. The second-order valence-electron chi connectivity index (χ2n) is 5.20. The molecule has 5 heteroatoms. The molecule has 1 aliphatic heterocycles. The maximum absolute atomic E-state index is 6.00. The zero-order valence-corrected chi connectivity index (χ0v) is 14.0. The van der Waals surface area contributed by atoms with Gasteiger partial charge in [0, 0.05) is 24.1 Å². The van der Waals surface area contributed by atoms with Gasteiger partial charge in [-0.05, 0) is 58.6 Å². The number of nitrogens with one attached hydrogen (secondary N) is 1. The molecule has 110 valence electrons. The van der Waals surface area contributed by atoms with E-state index in [-0.39, 0.29) is 0 Å². The number of aromatic nitrogens is 1. The number of benzene rings is 1. The van der Waals surface area contributed by atoms with Gasteiger partial charge in [0.05, 0.1) is 16.9 Å². The van der Waals surface area contributed by atoms with Gasteiger partial charge in [0.2, 0.25) is 0 Å². The van der Waals surface area contributed by atoms with Crippen LogP contribution in [0.2, 0.25) is 5.02 Å². The van der Waals surface area contributed by atoms with E-state index in [4.69, 9.17) is 11.6 Å². The van der Waals surface area contributed by atoms with Crippen LogP contribution in [0.1, 0.15) is 18.4 Å². The van der Waals surface area contributed by atoms with Crippen molar-refractivity contribution >= 4 is 39.0 Å². The van der Waals surface area contributed by atoms with Gasteiger partial charge in [0.1, 0.15) is 5.82 Å². The molecule has 3 nitrogen and oxygen atoms in total. The highest BCUT2D eigenvalue weighted by molar-refractivity contribution is 9.10. The zero-order valence-electron chi connectivity index (χ0n) is 11.6. The summed E-state index contributed by atoms with van der Waals surface area (Å²) in [6.45, 7) is 3.00. The van der Waals surface area contributed by atoms with E-state index >= 15 is 0 Å². The number of halogens is 2. The molecule has 0 unspecified atom stereocenters. The van der Waals surface area contributed by atoms with E-state index in [0.717, 1.165) is 40.6 Å². The first-order valence-electron chi connectivity index (χ1n) is 7.11. The SMILES string of the molecule is Clc1ccc(CNc2ccc(N3CCCC3)nc2)cc1Br. The van der Waals surface area contributed by atoms with Crippen LogP contribution in [-0.4, -0.2) is 18.1 Å². The van der Waals surface area contributed by atoms with Crippen molar-refractivity contribution in [2.24, 2.45) is 0 Å². The molecule has 0 saturated carbocycles. The fourth-order valence-corrected chi connectivity index (χ4v) is 3.02. The van der Waals surface area contributed by atoms with Crippen molar-refractivity contribution in [3.05, 3.63) is 51.6 Å². The smallest absolute Gasteiger partial charge is 0.128 e. The molecule has 1 fully saturated rings. The second-order valence-corrected chi connectivity index (χ2v) is 6.46. The molecule has 0 aliphatic carbocycles. The molecule has 3 rings (SSSR count). The predicted octanol–water partition coefficient (Wildman–Crippen LogP) is 4.71. The third kappa shape index (κ3) is 3.69. The molecule has 2 aromatic rings. The van der Waals surface area contributed by atoms with Crippen molar-refractivity contribution in [2.45, 2.75) is 19.4 Å². The van der Waals surface area contributed by atoms with E-state index < -0.39 is 0 Å². The summed E-state index contributed by atoms with van der Waals surface area (Å²) < 4.78 is 0.922. The molecule has 1 aromatic heterocycles. The minimum absolute atomic E-state index is 0.732. The molecule has 1 aliphatic rings. The molecule has 1 aromatic carbocycles. The van der Waals surface area contributed by atoms with Crippen LogP contribution in [0.15, 0.2) is 41.0 Å². The van der Waals surface area contributed by atoms with Crippen molar-refractivity contribution in [1.29, 1.82) is 0 Å². The minimum atomic E-state index is 0.732. The van der Waals surface area contributed by atoms with E-state index in [2.05, 4.69) is 43.3 Å². The Labute approximate surface area is 138 Å². The van der Waals surface area contributed by atoms with E-state index in [1.165, 1.54) is 18.4 Å². The van der Waals surface area contributed by atoms with Gasteiger partial charge in [-0.25, -0.2) is 4.98 Å². The van der Waals surface area contributed by atoms with Crippen molar-refractivity contribution in [2.75, 3.05) is 23.3 Å². The predicted molar refractivity (Wildman–Crippen MR) is 92.2 cm³/mol. The fourth-order valence-electron chi connectivity index (χ4n) is 2.48. The summed E-state index contributed by atoms with van der Waals surface area (Å²) in [7, 11) is 0. The lowest BCUT2D eigenvalue weighted by molar-refractivity contribution is 0.937. The van der Waals surface area contributed by atoms with Crippen LogP contribution in [0.25, 0.3) is 0 Å². The fraction of sp³-hybridized carbons (Fsp3) is 0.312. The summed E-state index contributed by atoms with van der Waals surface area (Å²) in [5.74, 6) is 1.08. The Morgan fingerprint density at radius 1 is 1.19 bits per heavy atom. The van der Waals surface area contributed by atoms with Crippen molar-refractivity contribution in [1.82, 2.24) is 4.98 Å². The Balaban J connectivity index is 1.61. The molecule has 0 atom stereocenters. The van der Waals surface area contributed by atoms with Gasteiger partial charge < -0.3 is 10.2 Å². The molecular weight excluding hydrogens is 350 g/mol. The summed E-state index contributed by atoms with van der Waals surface area (Å²) in [6.07, 6.45) is 4.44. The van der Waals surface area contributed by atoms with Crippen molar-refractivity contribution in [3.63, 3.8) is 0 Å². The van der Waals surface area contributed by atoms with Crippen LogP contribution in [0, 0.1) is 0 Å². The third-order valence-electron chi connectivity index (χ3n) is 3.66. The largest absolute Gasteiger partial charge is 0.380 e. The Bertz CT molecular complexity index is 609. The van der Waals surface area contributed by atoms with E-state index in [0.29, 0.717) is 0 Å². The molecule has 21 heavy (non-hydrogen) atoms. The van der Waals surface area contributed by atoms with Crippen LogP contribution >= 0.6 is 27.5 Å². The average molecular weight is 367 g/mol. The second kappa shape index (κ2) is 6.67. The number of hydrogen-bond donors (Lipinski definition) is 1. The summed E-state index contributed by atoms with van der Waals surface area (Å²) in [5, 5.41) is 4.11. The van der Waals surface area contributed by atoms with Crippen LogP contribution in [0.4, 0.5) is 11.5 Å². The Hall–Kier alpha value is -1.26. The molecule has 2 heterocycles. The summed E-state index contributed by atoms with van der Waals surface area (Å²) in [5.41, 5.74) is 2.21. The standard InChI is InChI=1S/C16H17BrClN3/c17-14-9-12(3-5-15(14)18)10-19-13-4-6-16(20-11-13)21-7-1-2-8-21/h3-6,9,11,19H,1-2,7-8,10H2. The molecule has 0 radical (unpaired) electrons. The highest BCUT2D eigenvalue weighted by Crippen LogP contribution is 2.24. The summed E-state index contributed by atoms with van der Waals surface area (Å²) in [6, 6.07) is 10.1. The van der Waals surface area contributed by atoms with E-state index in [1.807, 2.05) is 24.4 Å². The summed E-state index contributed by atoms with van der Waals surface area (Å²) in [4.78, 5) is 6.87. The maximum atomic E-state index is 6.00. The van der Waals surface area contributed by atoms with Gasteiger partial charge in [-0.1, -0.05) is 17.7 Å². The quantitative estimate of drug-likeness (QED) is 0.849. The normalized spacial score (nSPS) is 14.5. The van der Waals surface area contributed by atoms with E-state index in [1.54, 1.807) is 0 Å². The monoisotopic (exact) mass is 365 g/mol. The first kappa shape index (κ1) is 14.7. The number of nitrogens with zero attached hydrogens (tertiary/aromatic N) is 2. The average Bonchev–Trinajstić information content (AvgIpc) is 3.03. The van der Waals surface area contributed by atoms with Crippen LogP contribution in [0.3, 0.4) is 0 Å². The van der Waals surface area contributed by atoms with Gasteiger partial charge in [0.25, 0.3) is 0 Å². The minimum Gasteiger partial charge on any atom is -0.380 e. The lowest BCUT2D eigenvalue weighted by Gasteiger charge is -2.16.